The van der Waals surface area contributed by atoms with Gasteiger partial charge in [0.1, 0.15) is 11.5 Å². The summed E-state index contributed by atoms with van der Waals surface area (Å²) in [4.78, 5) is 54.1. The number of carbonyl (C=O) groups excluding carboxylic acids is 3. The van der Waals surface area contributed by atoms with Gasteiger partial charge >= 0.3 is 5.97 Å². The molecule has 4 aliphatic rings. The third kappa shape index (κ3) is 4.64. The largest absolute Gasteiger partial charge is 0.477 e. The maximum atomic E-state index is 13.3. The van der Waals surface area contributed by atoms with Crippen LogP contribution in [-0.2, 0) is 25.7 Å². The minimum atomic E-state index is -1.11. The molecule has 2 amide bonds. The van der Waals surface area contributed by atoms with E-state index in [2.05, 4.69) is 15.6 Å². The quantitative estimate of drug-likeness (QED) is 0.369. The molecule has 0 bridgehead atoms. The van der Waals surface area contributed by atoms with E-state index >= 15 is 0 Å². The van der Waals surface area contributed by atoms with E-state index in [-0.39, 0.29) is 64.4 Å². The van der Waals surface area contributed by atoms with Crippen molar-refractivity contribution >= 4 is 35.3 Å². The molecule has 0 saturated carbocycles. The van der Waals surface area contributed by atoms with Crippen LogP contribution in [0, 0.1) is 17.8 Å². The molecule has 3 saturated heterocycles. The van der Waals surface area contributed by atoms with Gasteiger partial charge in [-0.3, -0.25) is 9.59 Å². The summed E-state index contributed by atoms with van der Waals surface area (Å²) in [5.41, 5.74) is 6.41. The smallest absolute Gasteiger partial charge is 0.353 e. The van der Waals surface area contributed by atoms with Crippen LogP contribution in [0.1, 0.15) is 51.8 Å². The molecule has 1 aromatic heterocycles. The molecule has 0 radical (unpaired) electrons. The van der Waals surface area contributed by atoms with E-state index in [4.69, 9.17) is 5.73 Å². The molecule has 4 aliphatic heterocycles. The van der Waals surface area contributed by atoms with Gasteiger partial charge in [0.2, 0.25) is 11.8 Å². The number of carboxylic acids is 1. The lowest BCUT2D eigenvalue weighted by Crippen LogP contribution is -2.62. The molecular formula is C25H35N7O5S. The van der Waals surface area contributed by atoms with Gasteiger partial charge in [0.25, 0.3) is 0 Å². The van der Waals surface area contributed by atoms with Crippen LogP contribution in [0.25, 0.3) is 0 Å². The van der Waals surface area contributed by atoms with E-state index in [1.807, 2.05) is 24.9 Å². The Kier molecular flexibility index (Phi) is 7.35. The third-order valence-electron chi connectivity index (χ3n) is 8.31. The van der Waals surface area contributed by atoms with Crippen LogP contribution in [0.3, 0.4) is 0 Å². The summed E-state index contributed by atoms with van der Waals surface area (Å²) in [7, 11) is 0. The standard InChI is InChI=1S/C25H35N7O5S/c1-12(6-13(2)33)19-20-14(3)22(21(25(36)37)32(20)24(19)35)38-17-7-18(27-9-17)23(34)30-5-4-16(11-30)31-10-15(8-26)28-29-31/h10,12,14,16-20,27H,4-9,11,26H2,1-3H3,(H,36,37)/t12-,14+,16-,17-,18-,19+,20-/m0/s1. The highest BCUT2D eigenvalue weighted by atomic mass is 32.2. The predicted octanol–water partition coefficient (Wildman–Crippen LogP) is 0.362. The molecule has 0 unspecified atom stereocenters. The van der Waals surface area contributed by atoms with Gasteiger partial charge in [-0.25, -0.2) is 9.48 Å². The third-order valence-corrected chi connectivity index (χ3v) is 9.82. The normalized spacial score (nSPS) is 31.5. The van der Waals surface area contributed by atoms with Gasteiger partial charge in [0.05, 0.1) is 35.9 Å². The lowest BCUT2D eigenvalue weighted by atomic mass is 9.73. The Morgan fingerprint density at radius 3 is 2.76 bits per heavy atom. The second-order valence-electron chi connectivity index (χ2n) is 11.0. The van der Waals surface area contributed by atoms with Crippen LogP contribution in [0.4, 0.5) is 0 Å². The van der Waals surface area contributed by atoms with Crippen molar-refractivity contribution in [3.63, 3.8) is 0 Å². The first-order chi connectivity index (χ1) is 18.1. The number of hydrogen-bond donors (Lipinski definition) is 3. The number of fused-ring (bicyclic) bond motifs is 1. The van der Waals surface area contributed by atoms with Crippen LogP contribution in [0.5, 0.6) is 0 Å². The minimum Gasteiger partial charge on any atom is -0.477 e. The average molecular weight is 546 g/mol. The number of aliphatic carboxylic acids is 1. The van der Waals surface area contributed by atoms with E-state index in [0.29, 0.717) is 43.9 Å². The van der Waals surface area contributed by atoms with E-state index in [0.717, 1.165) is 12.1 Å². The molecule has 7 atom stereocenters. The van der Waals surface area contributed by atoms with Crippen LogP contribution in [-0.4, -0.2) is 90.4 Å². The Hall–Kier alpha value is -2.77. The molecule has 5 rings (SSSR count). The number of amides is 2. The summed E-state index contributed by atoms with van der Waals surface area (Å²) in [6.45, 7) is 7.46. The van der Waals surface area contributed by atoms with Gasteiger partial charge in [0, 0.05) is 48.7 Å². The summed E-state index contributed by atoms with van der Waals surface area (Å²) in [5.74, 6) is -1.89. The number of carboxylic acid groups (broad SMARTS) is 1. The maximum Gasteiger partial charge on any atom is 0.353 e. The summed E-state index contributed by atoms with van der Waals surface area (Å²) in [6, 6.07) is -0.508. The molecular weight excluding hydrogens is 510 g/mol. The number of nitrogens with zero attached hydrogens (tertiary/aromatic N) is 5. The number of carbonyl (C=O) groups is 4. The van der Waals surface area contributed by atoms with Crippen LogP contribution < -0.4 is 11.1 Å². The van der Waals surface area contributed by atoms with E-state index in [1.165, 1.54) is 23.6 Å². The average Bonchev–Trinajstić information content (AvgIpc) is 3.65. The first-order valence-corrected chi connectivity index (χ1v) is 14.1. The highest BCUT2D eigenvalue weighted by Crippen LogP contribution is 2.53. The molecule has 38 heavy (non-hydrogen) atoms. The number of nitrogens with two attached hydrogens (primary N) is 1. The molecule has 4 N–H and O–H groups in total. The number of hydrogen-bond acceptors (Lipinski definition) is 9. The van der Waals surface area contributed by atoms with E-state index in [1.54, 1.807) is 4.68 Å². The SMILES string of the molecule is CC(=O)C[C@H](C)[C@H]1C(=O)N2C(C(=O)O)=C(S[C@@H]3CN[C@H](C(=O)N4CC[C@H](n5cc(CN)nn5)C4)C3)[C@H](C)[C@@H]12. The number of rotatable bonds is 9. The van der Waals surface area contributed by atoms with Crippen molar-refractivity contribution in [3.8, 4) is 0 Å². The molecule has 5 heterocycles. The minimum absolute atomic E-state index is 0.0125. The molecule has 1 aromatic rings. The number of ketones is 1. The lowest BCUT2D eigenvalue weighted by Gasteiger charge is -2.47. The van der Waals surface area contributed by atoms with Crippen molar-refractivity contribution in [2.45, 2.75) is 70.0 Å². The Labute approximate surface area is 225 Å². The van der Waals surface area contributed by atoms with Crippen LogP contribution in [0.15, 0.2) is 16.8 Å². The lowest BCUT2D eigenvalue weighted by molar-refractivity contribution is -0.160. The summed E-state index contributed by atoms with van der Waals surface area (Å²) < 4.78 is 1.78. The Balaban J connectivity index is 1.22. The van der Waals surface area contributed by atoms with Gasteiger partial charge in [-0.15, -0.1) is 16.9 Å². The summed E-state index contributed by atoms with van der Waals surface area (Å²) in [6.07, 6.45) is 3.51. The number of β-lactam (4-membered cyclic amide) rings is 1. The molecule has 3 fully saturated rings. The van der Waals surface area contributed by atoms with Crippen LogP contribution >= 0.6 is 11.8 Å². The van der Waals surface area contributed by atoms with Crippen molar-refractivity contribution < 1.29 is 24.3 Å². The zero-order chi connectivity index (χ0) is 27.3. The number of nitrogens with one attached hydrogen (secondary N) is 1. The highest BCUT2D eigenvalue weighted by molar-refractivity contribution is 8.03. The molecule has 206 valence electrons. The van der Waals surface area contributed by atoms with Gasteiger partial charge < -0.3 is 30.8 Å². The fourth-order valence-corrected chi connectivity index (χ4v) is 7.95. The zero-order valence-corrected chi connectivity index (χ0v) is 22.7. The van der Waals surface area contributed by atoms with E-state index in [9.17, 15) is 24.3 Å². The number of likely N-dealkylation sites (tertiary alicyclic amines) is 1. The number of aromatic nitrogens is 3. The van der Waals surface area contributed by atoms with Crippen molar-refractivity contribution in [2.24, 2.45) is 23.5 Å². The topological polar surface area (TPSA) is 164 Å². The van der Waals surface area contributed by atoms with Gasteiger partial charge in [-0.1, -0.05) is 19.1 Å². The van der Waals surface area contributed by atoms with Gasteiger partial charge in [-0.05, 0) is 25.7 Å². The first-order valence-electron chi connectivity index (χ1n) is 13.2. The fraction of sp³-hybridized carbons (Fsp3) is 0.680. The molecule has 0 spiro atoms. The summed E-state index contributed by atoms with van der Waals surface area (Å²) in [5, 5.41) is 21.5. The van der Waals surface area contributed by atoms with Crippen molar-refractivity contribution in [1.82, 2.24) is 30.1 Å². The van der Waals surface area contributed by atoms with Crippen molar-refractivity contribution in [3.05, 3.63) is 22.5 Å². The maximum absolute atomic E-state index is 13.3. The predicted molar refractivity (Wildman–Crippen MR) is 138 cm³/mol. The molecule has 13 heteroatoms. The van der Waals surface area contributed by atoms with Gasteiger partial charge in [-0.2, -0.15) is 0 Å². The van der Waals surface area contributed by atoms with Gasteiger partial charge in [0.15, 0.2) is 0 Å². The molecule has 12 nitrogen and oxygen atoms in total. The Morgan fingerprint density at radius 1 is 1.34 bits per heavy atom. The Bertz CT molecular complexity index is 1180. The van der Waals surface area contributed by atoms with Crippen LogP contribution in [0.2, 0.25) is 0 Å². The number of thioether (sulfide) groups is 1. The van der Waals surface area contributed by atoms with Crippen molar-refractivity contribution in [1.29, 1.82) is 0 Å². The number of Topliss-reactive ketones (excluding diaryl/α,β-unsaturated/α-hetero) is 1. The van der Waals surface area contributed by atoms with E-state index < -0.39 is 5.97 Å². The molecule has 0 aliphatic carbocycles. The highest BCUT2D eigenvalue weighted by Gasteiger charge is 2.60. The monoisotopic (exact) mass is 545 g/mol. The Morgan fingerprint density at radius 2 is 2.11 bits per heavy atom. The second-order valence-corrected chi connectivity index (χ2v) is 12.3. The summed E-state index contributed by atoms with van der Waals surface area (Å²) >= 11 is 1.47. The second kappa shape index (κ2) is 10.4. The first kappa shape index (κ1) is 26.8. The zero-order valence-electron chi connectivity index (χ0n) is 21.9. The van der Waals surface area contributed by atoms with Crippen molar-refractivity contribution in [2.75, 3.05) is 19.6 Å². The fourth-order valence-electron chi connectivity index (χ4n) is 6.47. The molecule has 0 aromatic carbocycles.